The van der Waals surface area contributed by atoms with Crippen LogP contribution in [0.15, 0.2) is 21.8 Å². The second kappa shape index (κ2) is 10.6. The number of H-pyrrole nitrogens is 1. The van der Waals surface area contributed by atoms with Crippen molar-refractivity contribution >= 4 is 35.2 Å². The highest BCUT2D eigenvalue weighted by atomic mass is 35.5. The Morgan fingerprint density at radius 3 is 2.45 bits per heavy atom. The molecule has 12 heteroatoms. The number of likely N-dealkylation sites (tertiary alicyclic amines) is 1. The van der Waals surface area contributed by atoms with E-state index in [0.717, 1.165) is 10.6 Å². The first-order chi connectivity index (χ1) is 18.8. The Hall–Kier alpha value is -2.79. The van der Waals surface area contributed by atoms with Crippen LogP contribution in [0, 0.1) is 25.7 Å². The number of nitrogens with zero attached hydrogens (tertiary/aromatic N) is 1. The van der Waals surface area contributed by atoms with Crippen molar-refractivity contribution in [3.8, 4) is 11.5 Å². The highest BCUT2D eigenvalue weighted by molar-refractivity contribution is 7.98. The predicted molar refractivity (Wildman–Crippen MR) is 148 cm³/mol. The number of amides is 2. The number of carbonyl (C=O) groups is 2. The maximum Gasteiger partial charge on any atom is 0.254 e. The Labute approximate surface area is 240 Å². The van der Waals surface area contributed by atoms with Crippen LogP contribution in [0.4, 0.5) is 8.78 Å². The van der Waals surface area contributed by atoms with Crippen molar-refractivity contribution in [2.45, 2.75) is 69.6 Å². The van der Waals surface area contributed by atoms with Crippen LogP contribution >= 0.6 is 23.4 Å². The first kappa shape index (κ1) is 28.7. The number of alkyl halides is 2. The fourth-order valence-electron chi connectivity index (χ4n) is 5.77. The molecule has 1 aliphatic carbocycles. The molecule has 3 aliphatic rings. The molecule has 2 amide bonds. The number of rotatable bonds is 6. The highest BCUT2D eigenvalue weighted by Gasteiger charge is 2.51. The molecule has 216 valence electrons. The van der Waals surface area contributed by atoms with Gasteiger partial charge in [0.1, 0.15) is 0 Å². The molecule has 5 rings (SSSR count). The summed E-state index contributed by atoms with van der Waals surface area (Å²) in [6, 6.07) is 3.40. The third kappa shape index (κ3) is 5.30. The fraction of sp³-hybridized carbons (Fsp3) is 0.536. The maximum absolute atomic E-state index is 13.2. The van der Waals surface area contributed by atoms with E-state index in [1.807, 2.05) is 19.2 Å². The van der Waals surface area contributed by atoms with Gasteiger partial charge in [-0.1, -0.05) is 11.6 Å². The van der Waals surface area contributed by atoms with Gasteiger partial charge in [-0.05, 0) is 45.1 Å². The van der Waals surface area contributed by atoms with Gasteiger partial charge in [-0.25, -0.2) is 8.78 Å². The summed E-state index contributed by atoms with van der Waals surface area (Å²) in [6.45, 7) is 6.27. The number of aryl methyl sites for hydroxylation is 1. The molecule has 3 heterocycles. The zero-order valence-corrected chi connectivity index (χ0v) is 24.4. The summed E-state index contributed by atoms with van der Waals surface area (Å²) in [5.41, 5.74) is 1.83. The summed E-state index contributed by atoms with van der Waals surface area (Å²) < 4.78 is 39.0. The summed E-state index contributed by atoms with van der Waals surface area (Å²) in [5.74, 6) is -4.36. The standard InChI is InChI=1S/C28H32ClF2N3O5S/c1-14-9-21(40-4)19(25(36)33-14)13-32-24(35)18-10-20(29)23-22(15(18)2)38-27(3,39-23)17-5-7-34(8-6-17)26(37)16-11-28(30,31)12-16/h9-10,16-17H,5-8,11-13H2,1-4H3,(H,32,35)(H,33,36)/t27-/m0/s1. The van der Waals surface area contributed by atoms with Crippen molar-refractivity contribution < 1.29 is 27.8 Å². The molecule has 1 atom stereocenters. The van der Waals surface area contributed by atoms with Crippen molar-refractivity contribution in [2.24, 2.45) is 11.8 Å². The molecule has 40 heavy (non-hydrogen) atoms. The summed E-state index contributed by atoms with van der Waals surface area (Å²) in [4.78, 5) is 43.5. The zero-order chi connectivity index (χ0) is 29.0. The Morgan fingerprint density at radius 2 is 1.82 bits per heavy atom. The zero-order valence-electron chi connectivity index (χ0n) is 22.8. The average Bonchev–Trinajstić information content (AvgIpc) is 3.27. The molecule has 0 spiro atoms. The number of thioether (sulfide) groups is 1. The lowest BCUT2D eigenvalue weighted by Gasteiger charge is -2.42. The summed E-state index contributed by atoms with van der Waals surface area (Å²) >= 11 is 7.98. The van der Waals surface area contributed by atoms with Crippen LogP contribution in [0.25, 0.3) is 0 Å². The number of fused-ring (bicyclic) bond motifs is 1. The van der Waals surface area contributed by atoms with Crippen molar-refractivity contribution in [1.29, 1.82) is 0 Å². The van der Waals surface area contributed by atoms with E-state index in [1.54, 1.807) is 18.7 Å². The van der Waals surface area contributed by atoms with E-state index in [4.69, 9.17) is 21.1 Å². The second-order valence-electron chi connectivity index (χ2n) is 11.0. The third-order valence-corrected chi connectivity index (χ3v) is 9.24. The van der Waals surface area contributed by atoms with Gasteiger partial charge in [0, 0.05) is 78.5 Å². The van der Waals surface area contributed by atoms with E-state index < -0.39 is 23.5 Å². The number of hydrogen-bond acceptors (Lipinski definition) is 6. The number of carbonyl (C=O) groups excluding carboxylic acids is 2. The van der Waals surface area contributed by atoms with Crippen LogP contribution in [-0.4, -0.2) is 52.8 Å². The van der Waals surface area contributed by atoms with Crippen LogP contribution in [0.1, 0.15) is 59.8 Å². The SMILES string of the molecule is CSc1cc(C)[nH]c(=O)c1CNC(=O)c1cc(Cl)c2c(c1C)O[C@](C)(C1CCN(C(=O)C3CC(F)(F)C3)CC1)O2. The Balaban J connectivity index is 1.26. The van der Waals surface area contributed by atoms with Crippen LogP contribution in [0.3, 0.4) is 0 Å². The molecular formula is C28H32ClF2N3O5S. The first-order valence-corrected chi connectivity index (χ1v) is 14.8. The fourth-order valence-corrected chi connectivity index (χ4v) is 6.71. The smallest absolute Gasteiger partial charge is 0.254 e. The molecule has 1 saturated heterocycles. The Morgan fingerprint density at radius 1 is 1.18 bits per heavy atom. The van der Waals surface area contributed by atoms with E-state index in [2.05, 4.69) is 10.3 Å². The number of aromatic amines is 1. The van der Waals surface area contributed by atoms with Crippen LogP contribution in [0.2, 0.25) is 5.02 Å². The molecule has 1 aromatic heterocycles. The lowest BCUT2D eigenvalue weighted by atomic mass is 9.79. The number of hydrogen-bond donors (Lipinski definition) is 2. The Kier molecular flexibility index (Phi) is 7.58. The normalized spacial score (nSPS) is 22.2. The van der Waals surface area contributed by atoms with Gasteiger partial charge in [0.2, 0.25) is 11.8 Å². The van der Waals surface area contributed by atoms with Crippen molar-refractivity contribution in [3.05, 3.63) is 49.9 Å². The van der Waals surface area contributed by atoms with E-state index in [9.17, 15) is 23.2 Å². The number of halogens is 3. The Bertz CT molecular complexity index is 1420. The van der Waals surface area contributed by atoms with Gasteiger partial charge in [-0.15, -0.1) is 11.8 Å². The number of nitrogens with one attached hydrogen (secondary N) is 2. The van der Waals surface area contributed by atoms with Gasteiger partial charge in [0.15, 0.2) is 11.5 Å². The number of pyridine rings is 1. The van der Waals surface area contributed by atoms with Crippen LogP contribution < -0.4 is 20.3 Å². The largest absolute Gasteiger partial charge is 0.448 e. The van der Waals surface area contributed by atoms with Crippen LogP contribution in [-0.2, 0) is 11.3 Å². The molecule has 2 aliphatic heterocycles. The second-order valence-corrected chi connectivity index (χ2v) is 12.2. The molecule has 2 aromatic rings. The lowest BCUT2D eigenvalue weighted by molar-refractivity contribution is -0.165. The minimum Gasteiger partial charge on any atom is -0.448 e. The highest BCUT2D eigenvalue weighted by Crippen LogP contribution is 2.51. The maximum atomic E-state index is 13.2. The summed E-state index contributed by atoms with van der Waals surface area (Å²) in [5, 5.41) is 3.05. The molecule has 0 bridgehead atoms. The van der Waals surface area contributed by atoms with E-state index in [1.165, 1.54) is 17.8 Å². The van der Waals surface area contributed by atoms with Crippen molar-refractivity contribution in [1.82, 2.24) is 15.2 Å². The van der Waals surface area contributed by atoms with Crippen molar-refractivity contribution in [2.75, 3.05) is 19.3 Å². The van der Waals surface area contributed by atoms with Gasteiger partial charge >= 0.3 is 0 Å². The summed E-state index contributed by atoms with van der Waals surface area (Å²) in [6.07, 6.45) is 2.27. The molecular weight excluding hydrogens is 564 g/mol. The number of benzene rings is 1. The molecule has 1 aromatic carbocycles. The average molecular weight is 596 g/mol. The number of aromatic nitrogens is 1. The van der Waals surface area contributed by atoms with E-state index in [-0.39, 0.29) is 41.8 Å². The lowest BCUT2D eigenvalue weighted by Crippen LogP contribution is -2.52. The molecule has 2 fully saturated rings. The monoisotopic (exact) mass is 595 g/mol. The van der Waals surface area contributed by atoms with Gasteiger partial charge in [-0.2, -0.15) is 0 Å². The quantitative estimate of drug-likeness (QED) is 0.453. The molecule has 8 nitrogen and oxygen atoms in total. The minimum atomic E-state index is -2.73. The van der Waals surface area contributed by atoms with Gasteiger partial charge in [-0.3, -0.25) is 14.4 Å². The molecule has 1 saturated carbocycles. The van der Waals surface area contributed by atoms with Gasteiger partial charge < -0.3 is 24.7 Å². The third-order valence-electron chi connectivity index (χ3n) is 8.16. The van der Waals surface area contributed by atoms with Crippen molar-refractivity contribution in [3.63, 3.8) is 0 Å². The number of piperidine rings is 1. The minimum absolute atomic E-state index is 0.0453. The molecule has 0 unspecified atom stereocenters. The van der Waals surface area contributed by atoms with Gasteiger partial charge in [0.05, 0.1) is 5.02 Å². The van der Waals surface area contributed by atoms with Crippen LogP contribution in [0.5, 0.6) is 11.5 Å². The first-order valence-electron chi connectivity index (χ1n) is 13.2. The van der Waals surface area contributed by atoms with E-state index >= 15 is 0 Å². The van der Waals surface area contributed by atoms with Gasteiger partial charge in [0.25, 0.3) is 17.3 Å². The topological polar surface area (TPSA) is 101 Å². The number of ether oxygens (including phenoxy) is 2. The molecule has 2 N–H and O–H groups in total. The summed E-state index contributed by atoms with van der Waals surface area (Å²) in [7, 11) is 0. The molecule has 0 radical (unpaired) electrons. The van der Waals surface area contributed by atoms with E-state index in [0.29, 0.717) is 54.1 Å². The predicted octanol–water partition coefficient (Wildman–Crippen LogP) is 5.07.